The van der Waals surface area contributed by atoms with Crippen molar-refractivity contribution in [1.29, 1.82) is 0 Å². The van der Waals surface area contributed by atoms with E-state index in [1.807, 2.05) is 0 Å². The molecule has 0 heteroatoms. The summed E-state index contributed by atoms with van der Waals surface area (Å²) < 4.78 is 0. The molecular weight excluding hydrogens is 384 g/mol. The van der Waals surface area contributed by atoms with Crippen molar-refractivity contribution in [3.8, 4) is 0 Å². The van der Waals surface area contributed by atoms with Crippen molar-refractivity contribution in [2.45, 2.75) is 142 Å². The van der Waals surface area contributed by atoms with Gasteiger partial charge in [0.25, 0.3) is 0 Å². The van der Waals surface area contributed by atoms with Crippen LogP contribution in [0.3, 0.4) is 0 Å². The maximum absolute atomic E-state index is 4.71. The van der Waals surface area contributed by atoms with Crippen LogP contribution in [0, 0.1) is 35.5 Å². The monoisotopic (exact) mass is 440 g/mol. The summed E-state index contributed by atoms with van der Waals surface area (Å²) in [4.78, 5) is 0. The fourth-order valence-electron chi connectivity index (χ4n) is 7.73. The SMILES string of the molecule is C=C(CC(C1CCCCC1)C1CCCC(CCCCCCCCC)C1C)C1CC=CCC1. The highest BCUT2D eigenvalue weighted by atomic mass is 14.4. The van der Waals surface area contributed by atoms with Crippen LogP contribution in [0.5, 0.6) is 0 Å². The minimum absolute atomic E-state index is 0.772. The molecular formula is C32H56. The van der Waals surface area contributed by atoms with Crippen LogP contribution < -0.4 is 0 Å². The second-order valence-electron chi connectivity index (χ2n) is 12.0. The van der Waals surface area contributed by atoms with Crippen LogP contribution in [0.2, 0.25) is 0 Å². The Hall–Kier alpha value is -0.520. The Morgan fingerprint density at radius 3 is 2.31 bits per heavy atom. The van der Waals surface area contributed by atoms with Gasteiger partial charge >= 0.3 is 0 Å². The average molecular weight is 441 g/mol. The molecule has 0 radical (unpaired) electrons. The van der Waals surface area contributed by atoms with Crippen molar-refractivity contribution >= 4 is 0 Å². The van der Waals surface area contributed by atoms with E-state index in [0.717, 1.165) is 35.5 Å². The third kappa shape index (κ3) is 8.06. The molecule has 3 rings (SSSR count). The van der Waals surface area contributed by atoms with Crippen molar-refractivity contribution in [3.63, 3.8) is 0 Å². The van der Waals surface area contributed by atoms with Crippen molar-refractivity contribution < 1.29 is 0 Å². The molecule has 3 aliphatic rings. The van der Waals surface area contributed by atoms with Crippen LogP contribution in [0.4, 0.5) is 0 Å². The van der Waals surface area contributed by atoms with E-state index in [1.165, 1.54) is 128 Å². The van der Waals surface area contributed by atoms with Gasteiger partial charge in [-0.3, -0.25) is 0 Å². The van der Waals surface area contributed by atoms with Crippen LogP contribution in [0.1, 0.15) is 142 Å². The fraction of sp³-hybridized carbons (Fsp3) is 0.875. The molecule has 0 aromatic heterocycles. The Bertz CT molecular complexity index is 536. The molecule has 0 nitrogen and oxygen atoms in total. The van der Waals surface area contributed by atoms with Crippen LogP contribution in [-0.2, 0) is 0 Å². The highest BCUT2D eigenvalue weighted by Gasteiger charge is 2.39. The first-order valence-corrected chi connectivity index (χ1v) is 15.0. The first kappa shape index (κ1) is 26.1. The quantitative estimate of drug-likeness (QED) is 0.197. The van der Waals surface area contributed by atoms with Gasteiger partial charge in [-0.25, -0.2) is 0 Å². The normalized spacial score (nSPS) is 30.3. The molecule has 0 bridgehead atoms. The molecule has 32 heavy (non-hydrogen) atoms. The molecule has 0 heterocycles. The predicted octanol–water partition coefficient (Wildman–Crippen LogP) is 10.7. The van der Waals surface area contributed by atoms with Gasteiger partial charge in [-0.1, -0.05) is 134 Å². The largest absolute Gasteiger partial charge is 0.0996 e. The van der Waals surface area contributed by atoms with Gasteiger partial charge in [0.15, 0.2) is 0 Å². The Kier molecular flexibility index (Phi) is 12.0. The lowest BCUT2D eigenvalue weighted by atomic mass is 9.60. The van der Waals surface area contributed by atoms with Crippen molar-refractivity contribution in [2.24, 2.45) is 35.5 Å². The number of hydrogen-bond donors (Lipinski definition) is 0. The van der Waals surface area contributed by atoms with Gasteiger partial charge in [-0.2, -0.15) is 0 Å². The van der Waals surface area contributed by atoms with E-state index in [9.17, 15) is 0 Å². The summed E-state index contributed by atoms with van der Waals surface area (Å²) in [6.45, 7) is 9.70. The Balaban J connectivity index is 1.55. The maximum atomic E-state index is 4.71. The topological polar surface area (TPSA) is 0 Å². The number of rotatable bonds is 13. The molecule has 5 atom stereocenters. The number of allylic oxidation sites excluding steroid dienone is 3. The summed E-state index contributed by atoms with van der Waals surface area (Å²) in [5, 5.41) is 0. The summed E-state index contributed by atoms with van der Waals surface area (Å²) in [6.07, 6.45) is 33.8. The van der Waals surface area contributed by atoms with Gasteiger partial charge in [0.2, 0.25) is 0 Å². The average Bonchev–Trinajstić information content (AvgIpc) is 2.84. The molecule has 0 aromatic carbocycles. The number of hydrogen-bond acceptors (Lipinski definition) is 0. The van der Waals surface area contributed by atoms with Gasteiger partial charge < -0.3 is 0 Å². The zero-order valence-corrected chi connectivity index (χ0v) is 22.0. The summed E-state index contributed by atoms with van der Waals surface area (Å²) in [5.74, 6) is 5.60. The van der Waals surface area contributed by atoms with E-state index in [2.05, 4.69) is 26.0 Å². The molecule has 5 unspecified atom stereocenters. The summed E-state index contributed by atoms with van der Waals surface area (Å²) in [5.41, 5.74) is 1.62. The van der Waals surface area contributed by atoms with E-state index < -0.39 is 0 Å². The molecule has 0 amide bonds. The lowest BCUT2D eigenvalue weighted by Gasteiger charge is -2.45. The van der Waals surface area contributed by atoms with Gasteiger partial charge in [-0.15, -0.1) is 0 Å². The summed E-state index contributed by atoms with van der Waals surface area (Å²) >= 11 is 0. The molecule has 184 valence electrons. The standard InChI is InChI=1S/C32H56/c1-4-5-6-7-8-9-12-20-29-23-17-24-31(27(29)3)32(30-21-15-11-16-22-30)25-26(2)28-18-13-10-14-19-28/h10,13,27-32H,2,4-9,11-12,14-25H2,1,3H3. The third-order valence-corrected chi connectivity index (χ3v) is 9.86. The van der Waals surface area contributed by atoms with Crippen LogP contribution in [0.15, 0.2) is 24.3 Å². The smallest absolute Gasteiger partial charge is 0.0168 e. The summed E-state index contributed by atoms with van der Waals surface area (Å²) in [6, 6.07) is 0. The van der Waals surface area contributed by atoms with Crippen molar-refractivity contribution in [3.05, 3.63) is 24.3 Å². The van der Waals surface area contributed by atoms with E-state index in [1.54, 1.807) is 5.57 Å². The highest BCUT2D eigenvalue weighted by molar-refractivity contribution is 5.09. The molecule has 0 spiro atoms. The maximum Gasteiger partial charge on any atom is -0.0168 e. The van der Waals surface area contributed by atoms with Crippen molar-refractivity contribution in [1.82, 2.24) is 0 Å². The second-order valence-corrected chi connectivity index (χ2v) is 12.0. The Morgan fingerprint density at radius 2 is 1.59 bits per heavy atom. The van der Waals surface area contributed by atoms with Crippen LogP contribution in [0.25, 0.3) is 0 Å². The second kappa shape index (κ2) is 14.7. The van der Waals surface area contributed by atoms with Gasteiger partial charge in [0, 0.05) is 0 Å². The zero-order chi connectivity index (χ0) is 22.6. The minimum Gasteiger partial charge on any atom is -0.0996 e. The van der Waals surface area contributed by atoms with Crippen molar-refractivity contribution in [2.75, 3.05) is 0 Å². The van der Waals surface area contributed by atoms with E-state index in [0.29, 0.717) is 0 Å². The molecule has 0 aliphatic heterocycles. The molecule has 2 fully saturated rings. The third-order valence-electron chi connectivity index (χ3n) is 9.86. The van der Waals surface area contributed by atoms with Crippen LogP contribution >= 0.6 is 0 Å². The molecule has 2 saturated carbocycles. The van der Waals surface area contributed by atoms with Gasteiger partial charge in [-0.05, 0) is 67.6 Å². The lowest BCUT2D eigenvalue weighted by Crippen LogP contribution is -2.36. The van der Waals surface area contributed by atoms with E-state index in [-0.39, 0.29) is 0 Å². The lowest BCUT2D eigenvalue weighted by molar-refractivity contribution is 0.0604. The predicted molar refractivity (Wildman–Crippen MR) is 143 cm³/mol. The Labute approximate surface area is 202 Å². The first-order valence-electron chi connectivity index (χ1n) is 15.0. The molecule has 0 aromatic rings. The van der Waals surface area contributed by atoms with E-state index in [4.69, 9.17) is 6.58 Å². The van der Waals surface area contributed by atoms with Gasteiger partial charge in [0.1, 0.15) is 0 Å². The van der Waals surface area contributed by atoms with Gasteiger partial charge in [0.05, 0.1) is 0 Å². The minimum atomic E-state index is 0.772. The highest BCUT2D eigenvalue weighted by Crippen LogP contribution is 2.48. The van der Waals surface area contributed by atoms with E-state index >= 15 is 0 Å². The Morgan fingerprint density at radius 1 is 0.844 bits per heavy atom. The summed E-state index contributed by atoms with van der Waals surface area (Å²) in [7, 11) is 0. The zero-order valence-electron chi connectivity index (χ0n) is 22.0. The molecule has 3 aliphatic carbocycles. The number of unbranched alkanes of at least 4 members (excludes halogenated alkanes) is 6. The molecule has 0 saturated heterocycles. The first-order chi connectivity index (χ1) is 15.7. The van der Waals surface area contributed by atoms with Crippen LogP contribution in [-0.4, -0.2) is 0 Å². The molecule has 0 N–H and O–H groups in total. The fourth-order valence-corrected chi connectivity index (χ4v) is 7.73.